The summed E-state index contributed by atoms with van der Waals surface area (Å²) in [6.07, 6.45) is 0. The van der Waals surface area contributed by atoms with Crippen molar-refractivity contribution in [2.24, 2.45) is 0 Å². The predicted octanol–water partition coefficient (Wildman–Crippen LogP) is 2.46. The van der Waals surface area contributed by atoms with Gasteiger partial charge in [-0.3, -0.25) is 0 Å². The monoisotopic (exact) mass is 274 g/mol. The molecule has 0 aliphatic carbocycles. The summed E-state index contributed by atoms with van der Waals surface area (Å²) < 4.78 is 13.0. The van der Waals surface area contributed by atoms with Gasteiger partial charge in [0.05, 0.1) is 0 Å². The van der Waals surface area contributed by atoms with Crippen LogP contribution in [-0.4, -0.2) is 0 Å². The van der Waals surface area contributed by atoms with E-state index in [1.807, 2.05) is 28.7 Å². The molecule has 2 nitrogen and oxygen atoms in total. The standard InChI is InChI=1S/C6H4FI.C2N2/c7-5-3-1-2-4-6(5)8;3-1-2-4/h1-4H;. The van der Waals surface area contributed by atoms with Crippen molar-refractivity contribution in [3.05, 3.63) is 33.7 Å². The Hall–Kier alpha value is -1.14. The van der Waals surface area contributed by atoms with Crippen LogP contribution in [0.1, 0.15) is 0 Å². The maximum atomic E-state index is 12.3. The number of nitrogens with zero attached hydrogens (tertiary/aromatic N) is 2. The highest BCUT2D eigenvalue weighted by Crippen LogP contribution is 2.07. The van der Waals surface area contributed by atoms with E-state index in [0.29, 0.717) is 3.57 Å². The largest absolute Gasteiger partial charge is 0.206 e. The van der Waals surface area contributed by atoms with Gasteiger partial charge in [0.1, 0.15) is 5.82 Å². The number of rotatable bonds is 0. The minimum atomic E-state index is -0.145. The van der Waals surface area contributed by atoms with Crippen molar-refractivity contribution >= 4 is 22.6 Å². The lowest BCUT2D eigenvalue weighted by atomic mass is 10.4. The van der Waals surface area contributed by atoms with Crippen LogP contribution >= 0.6 is 22.6 Å². The zero-order chi connectivity index (χ0) is 9.40. The van der Waals surface area contributed by atoms with Gasteiger partial charge in [-0.1, -0.05) is 12.1 Å². The van der Waals surface area contributed by atoms with Crippen LogP contribution in [0.3, 0.4) is 0 Å². The molecular weight excluding hydrogens is 270 g/mol. The van der Waals surface area contributed by atoms with E-state index in [9.17, 15) is 4.39 Å². The third-order valence-electron chi connectivity index (χ3n) is 0.874. The van der Waals surface area contributed by atoms with Gasteiger partial charge in [0, 0.05) is 3.57 Å². The van der Waals surface area contributed by atoms with Gasteiger partial charge < -0.3 is 0 Å². The first-order chi connectivity index (χ1) is 5.72. The molecule has 0 heterocycles. The fourth-order valence-electron chi connectivity index (χ4n) is 0.439. The zero-order valence-corrected chi connectivity index (χ0v) is 8.12. The molecule has 0 fully saturated rings. The molecule has 0 saturated heterocycles. The van der Waals surface area contributed by atoms with E-state index < -0.39 is 0 Å². The summed E-state index contributed by atoms with van der Waals surface area (Å²) in [5.41, 5.74) is 0. The number of hydrogen-bond acceptors (Lipinski definition) is 2. The lowest BCUT2D eigenvalue weighted by Crippen LogP contribution is -1.75. The van der Waals surface area contributed by atoms with E-state index in [-0.39, 0.29) is 5.82 Å². The van der Waals surface area contributed by atoms with E-state index in [1.54, 1.807) is 12.1 Å². The molecule has 1 aromatic rings. The molecule has 0 bridgehead atoms. The van der Waals surface area contributed by atoms with Crippen LogP contribution < -0.4 is 0 Å². The minimum Gasteiger partial charge on any atom is -0.206 e. The summed E-state index contributed by atoms with van der Waals surface area (Å²) in [6.45, 7) is 0. The molecule has 0 aromatic heterocycles. The molecule has 0 aliphatic rings. The molecule has 0 amide bonds. The van der Waals surface area contributed by atoms with E-state index in [2.05, 4.69) is 0 Å². The minimum absolute atomic E-state index is 0.145. The van der Waals surface area contributed by atoms with Gasteiger partial charge in [0.15, 0.2) is 12.1 Å². The van der Waals surface area contributed by atoms with Crippen LogP contribution in [0.4, 0.5) is 4.39 Å². The second-order valence-electron chi connectivity index (χ2n) is 1.64. The van der Waals surface area contributed by atoms with Crippen LogP contribution in [0.15, 0.2) is 24.3 Å². The van der Waals surface area contributed by atoms with Gasteiger partial charge in [-0.2, -0.15) is 10.5 Å². The van der Waals surface area contributed by atoms with Crippen molar-refractivity contribution in [3.8, 4) is 12.1 Å². The molecule has 0 aliphatic heterocycles. The molecule has 1 aromatic carbocycles. The smallest absolute Gasteiger partial charge is 0.181 e. The molecule has 1 rings (SSSR count). The SMILES string of the molecule is Fc1ccccc1I.N#CC#N. The fourth-order valence-corrected chi connectivity index (χ4v) is 0.827. The van der Waals surface area contributed by atoms with Crippen LogP contribution in [-0.2, 0) is 0 Å². The summed E-state index contributed by atoms with van der Waals surface area (Å²) in [7, 11) is 0. The Balaban J connectivity index is 0.000000261. The van der Waals surface area contributed by atoms with Crippen LogP contribution in [0.5, 0.6) is 0 Å². The van der Waals surface area contributed by atoms with Crippen LogP contribution in [0, 0.1) is 32.0 Å². The third kappa shape index (κ3) is 4.64. The van der Waals surface area contributed by atoms with E-state index >= 15 is 0 Å². The summed E-state index contributed by atoms with van der Waals surface area (Å²) in [5, 5.41) is 14.5. The Kier molecular flexibility index (Phi) is 5.94. The first kappa shape index (κ1) is 10.9. The van der Waals surface area contributed by atoms with Crippen molar-refractivity contribution in [3.63, 3.8) is 0 Å². The van der Waals surface area contributed by atoms with Gasteiger partial charge in [-0.25, -0.2) is 4.39 Å². The lowest BCUT2D eigenvalue weighted by Gasteiger charge is -1.87. The normalized spacial score (nSPS) is 7.00. The van der Waals surface area contributed by atoms with Crippen molar-refractivity contribution in [2.75, 3.05) is 0 Å². The van der Waals surface area contributed by atoms with E-state index in [4.69, 9.17) is 10.5 Å². The number of halogens is 2. The lowest BCUT2D eigenvalue weighted by molar-refractivity contribution is 0.620. The molecule has 60 valence electrons. The molecule has 0 spiro atoms. The maximum absolute atomic E-state index is 12.3. The third-order valence-corrected chi connectivity index (χ3v) is 1.75. The van der Waals surface area contributed by atoms with E-state index in [0.717, 1.165) is 0 Å². The highest BCUT2D eigenvalue weighted by atomic mass is 127. The van der Waals surface area contributed by atoms with Gasteiger partial charge >= 0.3 is 0 Å². The van der Waals surface area contributed by atoms with Gasteiger partial charge in [-0.05, 0) is 34.7 Å². The number of benzene rings is 1. The van der Waals surface area contributed by atoms with Gasteiger partial charge in [0.2, 0.25) is 0 Å². The molecule has 0 saturated carbocycles. The number of hydrogen-bond donors (Lipinski definition) is 0. The average molecular weight is 274 g/mol. The molecule has 0 N–H and O–H groups in total. The predicted molar refractivity (Wildman–Crippen MR) is 50.3 cm³/mol. The Morgan fingerprint density at radius 2 is 1.67 bits per heavy atom. The molecule has 0 atom stereocenters. The maximum Gasteiger partial charge on any atom is 0.181 e. The summed E-state index contributed by atoms with van der Waals surface area (Å²) in [5.74, 6) is -0.145. The Labute approximate surface area is 83.4 Å². The fraction of sp³-hybridized carbons (Fsp3) is 0. The summed E-state index contributed by atoms with van der Waals surface area (Å²) in [6, 6.07) is 9.14. The Morgan fingerprint density at radius 1 is 1.17 bits per heavy atom. The highest BCUT2D eigenvalue weighted by molar-refractivity contribution is 14.1. The summed E-state index contributed by atoms with van der Waals surface area (Å²) >= 11 is 1.95. The Morgan fingerprint density at radius 3 is 1.92 bits per heavy atom. The van der Waals surface area contributed by atoms with Gasteiger partial charge in [0.25, 0.3) is 0 Å². The molecule has 4 heteroatoms. The second kappa shape index (κ2) is 6.56. The first-order valence-electron chi connectivity index (χ1n) is 2.90. The van der Waals surface area contributed by atoms with Gasteiger partial charge in [-0.15, -0.1) is 0 Å². The topological polar surface area (TPSA) is 47.6 Å². The summed E-state index contributed by atoms with van der Waals surface area (Å²) in [4.78, 5) is 0. The first-order valence-corrected chi connectivity index (χ1v) is 3.98. The molecule has 12 heavy (non-hydrogen) atoms. The quantitative estimate of drug-likeness (QED) is 0.682. The van der Waals surface area contributed by atoms with Crippen molar-refractivity contribution in [1.29, 1.82) is 10.5 Å². The van der Waals surface area contributed by atoms with Crippen molar-refractivity contribution in [1.82, 2.24) is 0 Å². The van der Waals surface area contributed by atoms with Crippen LogP contribution in [0.2, 0.25) is 0 Å². The van der Waals surface area contributed by atoms with E-state index in [1.165, 1.54) is 18.2 Å². The Bertz CT molecular complexity index is 292. The molecular formula is C8H4FIN2. The van der Waals surface area contributed by atoms with Crippen molar-refractivity contribution in [2.45, 2.75) is 0 Å². The highest BCUT2D eigenvalue weighted by Gasteiger charge is 1.90. The number of nitriles is 2. The molecule has 0 unspecified atom stereocenters. The van der Waals surface area contributed by atoms with Crippen molar-refractivity contribution < 1.29 is 4.39 Å². The zero-order valence-electron chi connectivity index (χ0n) is 5.96. The average Bonchev–Trinajstić information content (AvgIpc) is 2.11. The van der Waals surface area contributed by atoms with Crippen LogP contribution in [0.25, 0.3) is 0 Å². The molecule has 0 radical (unpaired) electrons. The second-order valence-corrected chi connectivity index (χ2v) is 2.80.